The number of hydrogen-bond acceptors (Lipinski definition) is 5. The standard InChI is InChI=1S/C17H21N3O3/c1-4-17(21)20-13-6-8-16(19-11-13)18-10-12-5-7-14(22-2)9-15(12)23-3/h5-9,11H,4,10H2,1-3H3,(H,18,19)(H,20,21). The lowest BCUT2D eigenvalue weighted by molar-refractivity contribution is -0.115. The average Bonchev–Trinajstić information content (AvgIpc) is 2.60. The molecule has 6 heteroatoms. The predicted octanol–water partition coefficient (Wildman–Crippen LogP) is 3.06. The molecule has 0 bridgehead atoms. The van der Waals surface area contributed by atoms with E-state index in [1.54, 1.807) is 27.3 Å². The van der Waals surface area contributed by atoms with E-state index in [1.807, 2.05) is 30.3 Å². The Morgan fingerprint density at radius 1 is 1.17 bits per heavy atom. The molecule has 23 heavy (non-hydrogen) atoms. The minimum absolute atomic E-state index is 0.0320. The Balaban J connectivity index is 1.99. The molecule has 2 rings (SSSR count). The third-order valence-corrected chi connectivity index (χ3v) is 3.32. The highest BCUT2D eigenvalue weighted by Gasteiger charge is 2.05. The number of carbonyl (C=O) groups is 1. The van der Waals surface area contributed by atoms with E-state index in [4.69, 9.17) is 9.47 Å². The quantitative estimate of drug-likeness (QED) is 0.821. The van der Waals surface area contributed by atoms with E-state index in [1.165, 1.54) is 0 Å². The van der Waals surface area contributed by atoms with Gasteiger partial charge in [-0.1, -0.05) is 6.92 Å². The lowest BCUT2D eigenvalue weighted by atomic mass is 10.2. The first-order valence-corrected chi connectivity index (χ1v) is 7.37. The number of benzene rings is 1. The third kappa shape index (κ3) is 4.60. The van der Waals surface area contributed by atoms with E-state index in [2.05, 4.69) is 15.6 Å². The van der Waals surface area contributed by atoms with Crippen molar-refractivity contribution in [2.45, 2.75) is 19.9 Å². The highest BCUT2D eigenvalue weighted by molar-refractivity contribution is 5.90. The van der Waals surface area contributed by atoms with Crippen LogP contribution in [0.15, 0.2) is 36.5 Å². The van der Waals surface area contributed by atoms with Gasteiger partial charge in [-0.2, -0.15) is 0 Å². The zero-order valence-electron chi connectivity index (χ0n) is 13.6. The molecule has 2 N–H and O–H groups in total. The Morgan fingerprint density at radius 2 is 2.00 bits per heavy atom. The Hall–Kier alpha value is -2.76. The summed E-state index contributed by atoms with van der Waals surface area (Å²) in [6.07, 6.45) is 2.07. The molecule has 6 nitrogen and oxygen atoms in total. The van der Waals surface area contributed by atoms with Crippen LogP contribution in [-0.4, -0.2) is 25.1 Å². The molecule has 1 amide bonds. The fourth-order valence-corrected chi connectivity index (χ4v) is 2.01. The maximum Gasteiger partial charge on any atom is 0.224 e. The number of carbonyl (C=O) groups excluding carboxylic acids is 1. The van der Waals surface area contributed by atoms with Gasteiger partial charge in [-0.3, -0.25) is 4.79 Å². The molecule has 0 aliphatic carbocycles. The fourth-order valence-electron chi connectivity index (χ4n) is 2.01. The second-order valence-corrected chi connectivity index (χ2v) is 4.87. The van der Waals surface area contributed by atoms with Crippen molar-refractivity contribution in [1.82, 2.24) is 4.98 Å². The van der Waals surface area contributed by atoms with Crippen molar-refractivity contribution < 1.29 is 14.3 Å². The minimum Gasteiger partial charge on any atom is -0.497 e. The van der Waals surface area contributed by atoms with Gasteiger partial charge in [0.15, 0.2) is 0 Å². The van der Waals surface area contributed by atoms with E-state index in [0.717, 1.165) is 22.9 Å². The summed E-state index contributed by atoms with van der Waals surface area (Å²) >= 11 is 0. The summed E-state index contributed by atoms with van der Waals surface area (Å²) in [6.45, 7) is 2.38. The van der Waals surface area contributed by atoms with Crippen molar-refractivity contribution in [3.8, 4) is 11.5 Å². The number of methoxy groups -OCH3 is 2. The summed E-state index contributed by atoms with van der Waals surface area (Å²) in [5.41, 5.74) is 1.68. The van der Waals surface area contributed by atoms with E-state index in [9.17, 15) is 4.79 Å². The van der Waals surface area contributed by atoms with Gasteiger partial charge in [-0.25, -0.2) is 4.98 Å². The van der Waals surface area contributed by atoms with Crippen molar-refractivity contribution in [2.24, 2.45) is 0 Å². The first-order chi connectivity index (χ1) is 11.2. The van der Waals surface area contributed by atoms with Crippen LogP contribution in [0.2, 0.25) is 0 Å². The predicted molar refractivity (Wildman–Crippen MR) is 90.0 cm³/mol. The zero-order chi connectivity index (χ0) is 16.7. The van der Waals surface area contributed by atoms with Gasteiger partial charge in [0.2, 0.25) is 5.91 Å². The molecule has 0 atom stereocenters. The Bertz CT molecular complexity index is 657. The minimum atomic E-state index is -0.0320. The summed E-state index contributed by atoms with van der Waals surface area (Å²) in [7, 11) is 3.25. The van der Waals surface area contributed by atoms with E-state index < -0.39 is 0 Å². The molecule has 0 saturated carbocycles. The maximum atomic E-state index is 11.3. The molecule has 0 saturated heterocycles. The van der Waals surface area contributed by atoms with Crippen LogP contribution in [0.25, 0.3) is 0 Å². The number of nitrogens with zero attached hydrogens (tertiary/aromatic N) is 1. The van der Waals surface area contributed by atoms with E-state index >= 15 is 0 Å². The first-order valence-electron chi connectivity index (χ1n) is 7.37. The molecule has 0 unspecified atom stereocenters. The summed E-state index contributed by atoms with van der Waals surface area (Å²) in [5, 5.41) is 5.98. The Kier molecular flexibility index (Phi) is 5.80. The van der Waals surface area contributed by atoms with Crippen LogP contribution >= 0.6 is 0 Å². The zero-order valence-corrected chi connectivity index (χ0v) is 13.6. The van der Waals surface area contributed by atoms with Crippen LogP contribution in [0.3, 0.4) is 0 Å². The lowest BCUT2D eigenvalue weighted by Crippen LogP contribution is -2.10. The fraction of sp³-hybridized carbons (Fsp3) is 0.294. The first kappa shape index (κ1) is 16.6. The SMILES string of the molecule is CCC(=O)Nc1ccc(NCc2ccc(OC)cc2OC)nc1. The molecule has 0 fully saturated rings. The Morgan fingerprint density at radius 3 is 2.61 bits per heavy atom. The molecule has 0 spiro atoms. The maximum absolute atomic E-state index is 11.3. The number of hydrogen-bond donors (Lipinski definition) is 2. The van der Waals surface area contributed by atoms with Gasteiger partial charge in [0.1, 0.15) is 17.3 Å². The second-order valence-electron chi connectivity index (χ2n) is 4.87. The van der Waals surface area contributed by atoms with Crippen LogP contribution in [0.5, 0.6) is 11.5 Å². The number of aromatic nitrogens is 1. The number of pyridine rings is 1. The monoisotopic (exact) mass is 315 g/mol. The van der Waals surface area contributed by atoms with Crippen molar-refractivity contribution >= 4 is 17.4 Å². The summed E-state index contributed by atoms with van der Waals surface area (Å²) < 4.78 is 10.5. The molecular weight excluding hydrogens is 294 g/mol. The molecule has 1 heterocycles. The molecule has 1 aromatic heterocycles. The van der Waals surface area contributed by atoms with Crippen LogP contribution in [0.4, 0.5) is 11.5 Å². The highest BCUT2D eigenvalue weighted by atomic mass is 16.5. The molecule has 0 radical (unpaired) electrons. The highest BCUT2D eigenvalue weighted by Crippen LogP contribution is 2.25. The summed E-state index contributed by atoms with van der Waals surface area (Å²) in [5.74, 6) is 2.19. The molecule has 122 valence electrons. The number of ether oxygens (including phenoxy) is 2. The molecule has 0 aliphatic rings. The van der Waals surface area contributed by atoms with Gasteiger partial charge in [0.05, 0.1) is 26.1 Å². The summed E-state index contributed by atoms with van der Waals surface area (Å²) in [6, 6.07) is 9.31. The largest absolute Gasteiger partial charge is 0.497 e. The molecular formula is C17H21N3O3. The van der Waals surface area contributed by atoms with Crippen molar-refractivity contribution in [1.29, 1.82) is 0 Å². The van der Waals surface area contributed by atoms with Gasteiger partial charge in [-0.15, -0.1) is 0 Å². The average molecular weight is 315 g/mol. The normalized spacial score (nSPS) is 10.0. The van der Waals surface area contributed by atoms with Crippen LogP contribution < -0.4 is 20.1 Å². The van der Waals surface area contributed by atoms with Crippen molar-refractivity contribution in [3.05, 3.63) is 42.1 Å². The van der Waals surface area contributed by atoms with E-state index in [0.29, 0.717) is 18.7 Å². The van der Waals surface area contributed by atoms with Crippen molar-refractivity contribution in [3.63, 3.8) is 0 Å². The lowest BCUT2D eigenvalue weighted by Gasteiger charge is -2.12. The number of rotatable bonds is 7. The van der Waals surface area contributed by atoms with Crippen LogP contribution in [0, 0.1) is 0 Å². The van der Waals surface area contributed by atoms with E-state index in [-0.39, 0.29) is 5.91 Å². The number of anilines is 2. The summed E-state index contributed by atoms with van der Waals surface area (Å²) in [4.78, 5) is 15.6. The second kappa shape index (κ2) is 8.03. The number of amides is 1. The van der Waals surface area contributed by atoms with Gasteiger partial charge >= 0.3 is 0 Å². The third-order valence-electron chi connectivity index (χ3n) is 3.32. The smallest absolute Gasteiger partial charge is 0.224 e. The van der Waals surface area contributed by atoms with Gasteiger partial charge < -0.3 is 20.1 Å². The van der Waals surface area contributed by atoms with Crippen LogP contribution in [-0.2, 0) is 11.3 Å². The van der Waals surface area contributed by atoms with Crippen molar-refractivity contribution in [2.75, 3.05) is 24.9 Å². The van der Waals surface area contributed by atoms with Gasteiger partial charge in [0.25, 0.3) is 0 Å². The molecule has 2 aromatic rings. The van der Waals surface area contributed by atoms with Crippen LogP contribution in [0.1, 0.15) is 18.9 Å². The van der Waals surface area contributed by atoms with Gasteiger partial charge in [0, 0.05) is 24.6 Å². The number of nitrogens with one attached hydrogen (secondary N) is 2. The molecule has 0 aliphatic heterocycles. The molecule has 1 aromatic carbocycles. The van der Waals surface area contributed by atoms with Gasteiger partial charge in [-0.05, 0) is 24.3 Å². The topological polar surface area (TPSA) is 72.5 Å². The Labute approximate surface area is 135 Å².